The molecular formula is C13H20N8. The summed E-state index contributed by atoms with van der Waals surface area (Å²) < 4.78 is 1.47. The van der Waals surface area contributed by atoms with Gasteiger partial charge in [0.25, 0.3) is 5.95 Å². The van der Waals surface area contributed by atoms with Crippen molar-refractivity contribution < 1.29 is 0 Å². The Hall–Kier alpha value is -2.25. The molecule has 3 rings (SSSR count). The lowest BCUT2D eigenvalue weighted by atomic mass is 9.83. The number of nitrogen functional groups attached to an aromatic ring is 1. The van der Waals surface area contributed by atoms with Crippen LogP contribution in [0.3, 0.4) is 0 Å². The Kier molecular flexibility index (Phi) is 3.68. The van der Waals surface area contributed by atoms with Crippen molar-refractivity contribution >= 4 is 11.9 Å². The van der Waals surface area contributed by atoms with Crippen molar-refractivity contribution in [3.63, 3.8) is 0 Å². The highest BCUT2D eigenvalue weighted by molar-refractivity contribution is 5.34. The topological polar surface area (TPSA) is 107 Å². The van der Waals surface area contributed by atoms with Crippen LogP contribution in [0.2, 0.25) is 0 Å². The van der Waals surface area contributed by atoms with E-state index < -0.39 is 0 Å². The lowest BCUT2D eigenvalue weighted by Crippen LogP contribution is -2.27. The molecule has 8 heteroatoms. The first-order valence-electron chi connectivity index (χ1n) is 7.31. The zero-order valence-electron chi connectivity index (χ0n) is 12.2. The van der Waals surface area contributed by atoms with E-state index in [4.69, 9.17) is 5.73 Å². The Balaban J connectivity index is 1.76. The first kappa shape index (κ1) is 13.7. The van der Waals surface area contributed by atoms with Gasteiger partial charge < -0.3 is 11.1 Å². The summed E-state index contributed by atoms with van der Waals surface area (Å²) in [5.74, 6) is 1.04. The van der Waals surface area contributed by atoms with Gasteiger partial charge in [-0.2, -0.15) is 24.7 Å². The number of nitrogens with zero attached hydrogens (tertiary/aromatic N) is 6. The van der Waals surface area contributed by atoms with Crippen molar-refractivity contribution in [2.75, 3.05) is 17.6 Å². The van der Waals surface area contributed by atoms with E-state index >= 15 is 0 Å². The summed E-state index contributed by atoms with van der Waals surface area (Å²) in [4.78, 5) is 16.5. The van der Waals surface area contributed by atoms with Gasteiger partial charge in [0.2, 0.25) is 11.9 Å². The molecule has 0 unspecified atom stereocenters. The molecule has 3 N–H and O–H groups in total. The molecule has 112 valence electrons. The van der Waals surface area contributed by atoms with E-state index in [0.717, 1.165) is 13.0 Å². The summed E-state index contributed by atoms with van der Waals surface area (Å²) >= 11 is 0. The van der Waals surface area contributed by atoms with Crippen LogP contribution in [-0.4, -0.2) is 36.3 Å². The van der Waals surface area contributed by atoms with Crippen LogP contribution in [0.1, 0.15) is 39.0 Å². The standard InChI is InChI=1S/C13H20N8/c1-2-13(5-3-4-6-13)7-16-11-18-10(14)19-12(20-11)21-9-15-8-17-21/h8-9H,2-7H2,1H3,(H3,14,16,18,19,20). The number of anilines is 2. The molecule has 2 aromatic rings. The Bertz CT molecular complexity index is 588. The van der Waals surface area contributed by atoms with Crippen molar-refractivity contribution in [1.29, 1.82) is 0 Å². The van der Waals surface area contributed by atoms with Gasteiger partial charge in [0.05, 0.1) is 0 Å². The molecule has 0 atom stereocenters. The maximum Gasteiger partial charge on any atom is 0.258 e. The highest BCUT2D eigenvalue weighted by atomic mass is 15.4. The minimum absolute atomic E-state index is 0.176. The molecule has 21 heavy (non-hydrogen) atoms. The van der Waals surface area contributed by atoms with Crippen molar-refractivity contribution in [3.05, 3.63) is 12.7 Å². The second-order valence-corrected chi connectivity index (χ2v) is 5.57. The van der Waals surface area contributed by atoms with Gasteiger partial charge in [-0.3, -0.25) is 0 Å². The lowest BCUT2D eigenvalue weighted by molar-refractivity contribution is 0.306. The third-order valence-electron chi connectivity index (χ3n) is 4.30. The highest BCUT2D eigenvalue weighted by Crippen LogP contribution is 2.40. The number of aromatic nitrogens is 6. The van der Waals surface area contributed by atoms with Crippen LogP contribution < -0.4 is 11.1 Å². The molecular weight excluding hydrogens is 268 g/mol. The zero-order chi connectivity index (χ0) is 14.7. The minimum Gasteiger partial charge on any atom is -0.368 e. The van der Waals surface area contributed by atoms with Gasteiger partial charge in [-0.25, -0.2) is 4.98 Å². The summed E-state index contributed by atoms with van der Waals surface area (Å²) in [6, 6.07) is 0. The normalized spacial score (nSPS) is 17.0. The predicted octanol–water partition coefficient (Wildman–Crippen LogP) is 1.42. The van der Waals surface area contributed by atoms with Crippen LogP contribution in [0, 0.1) is 5.41 Å². The minimum atomic E-state index is 0.176. The molecule has 0 bridgehead atoms. The number of hydrogen-bond donors (Lipinski definition) is 2. The van der Waals surface area contributed by atoms with Gasteiger partial charge in [-0.1, -0.05) is 19.8 Å². The zero-order valence-corrected chi connectivity index (χ0v) is 12.2. The van der Waals surface area contributed by atoms with E-state index in [9.17, 15) is 0 Å². The average molecular weight is 288 g/mol. The fourth-order valence-electron chi connectivity index (χ4n) is 2.92. The largest absolute Gasteiger partial charge is 0.368 e. The van der Waals surface area contributed by atoms with Gasteiger partial charge in [0.1, 0.15) is 12.7 Å². The molecule has 0 saturated heterocycles. The monoisotopic (exact) mass is 288 g/mol. The highest BCUT2D eigenvalue weighted by Gasteiger charge is 2.31. The Morgan fingerprint density at radius 3 is 2.76 bits per heavy atom. The molecule has 1 fully saturated rings. The predicted molar refractivity (Wildman–Crippen MR) is 78.8 cm³/mol. The fraction of sp³-hybridized carbons (Fsp3) is 0.615. The van der Waals surface area contributed by atoms with Gasteiger partial charge in [0.15, 0.2) is 0 Å². The molecule has 0 aliphatic heterocycles. The van der Waals surface area contributed by atoms with E-state index in [-0.39, 0.29) is 5.95 Å². The molecule has 8 nitrogen and oxygen atoms in total. The third kappa shape index (κ3) is 2.93. The summed E-state index contributed by atoms with van der Waals surface area (Å²) in [5, 5.41) is 7.32. The second kappa shape index (κ2) is 5.63. The van der Waals surface area contributed by atoms with E-state index in [0.29, 0.717) is 17.3 Å². The first-order chi connectivity index (χ1) is 10.2. The molecule has 2 heterocycles. The Morgan fingerprint density at radius 2 is 2.10 bits per heavy atom. The number of nitrogens with one attached hydrogen (secondary N) is 1. The second-order valence-electron chi connectivity index (χ2n) is 5.57. The molecule has 0 aromatic carbocycles. The van der Waals surface area contributed by atoms with Crippen LogP contribution in [0.5, 0.6) is 0 Å². The number of hydrogen-bond acceptors (Lipinski definition) is 7. The average Bonchev–Trinajstić information content (AvgIpc) is 3.17. The van der Waals surface area contributed by atoms with Crippen molar-refractivity contribution in [3.8, 4) is 5.95 Å². The van der Waals surface area contributed by atoms with Crippen LogP contribution in [0.15, 0.2) is 12.7 Å². The molecule has 1 aliphatic carbocycles. The van der Waals surface area contributed by atoms with Crippen molar-refractivity contribution in [2.24, 2.45) is 5.41 Å². The van der Waals surface area contributed by atoms with Gasteiger partial charge in [0, 0.05) is 6.54 Å². The summed E-state index contributed by atoms with van der Waals surface area (Å²) in [6.45, 7) is 3.11. The van der Waals surface area contributed by atoms with Crippen LogP contribution in [0.25, 0.3) is 5.95 Å². The van der Waals surface area contributed by atoms with Crippen molar-refractivity contribution in [2.45, 2.75) is 39.0 Å². The Morgan fingerprint density at radius 1 is 1.29 bits per heavy atom. The lowest BCUT2D eigenvalue weighted by Gasteiger charge is -2.27. The maximum atomic E-state index is 5.75. The molecule has 0 amide bonds. The summed E-state index contributed by atoms with van der Waals surface area (Å²) in [5.41, 5.74) is 6.11. The van der Waals surface area contributed by atoms with Gasteiger partial charge in [-0.05, 0) is 24.7 Å². The summed E-state index contributed by atoms with van der Waals surface area (Å²) in [7, 11) is 0. The summed E-state index contributed by atoms with van der Waals surface area (Å²) in [6.07, 6.45) is 9.25. The van der Waals surface area contributed by atoms with Crippen LogP contribution in [-0.2, 0) is 0 Å². The van der Waals surface area contributed by atoms with Crippen LogP contribution in [0.4, 0.5) is 11.9 Å². The molecule has 0 radical (unpaired) electrons. The van der Waals surface area contributed by atoms with E-state index in [1.807, 2.05) is 0 Å². The molecule has 1 aliphatic rings. The van der Waals surface area contributed by atoms with Gasteiger partial charge in [-0.15, -0.1) is 0 Å². The molecule has 2 aromatic heterocycles. The molecule has 0 spiro atoms. The van der Waals surface area contributed by atoms with Gasteiger partial charge >= 0.3 is 0 Å². The SMILES string of the molecule is CCC1(CNc2nc(N)nc(-n3cncn3)n2)CCCC1. The van der Waals surface area contributed by atoms with Crippen molar-refractivity contribution in [1.82, 2.24) is 29.7 Å². The first-order valence-corrected chi connectivity index (χ1v) is 7.31. The maximum absolute atomic E-state index is 5.75. The Labute approximate surface area is 123 Å². The molecule has 1 saturated carbocycles. The number of rotatable bonds is 5. The van der Waals surface area contributed by atoms with E-state index in [1.165, 1.54) is 43.0 Å². The smallest absolute Gasteiger partial charge is 0.258 e. The van der Waals surface area contributed by atoms with E-state index in [1.54, 1.807) is 0 Å². The third-order valence-corrected chi connectivity index (χ3v) is 4.30. The quantitative estimate of drug-likeness (QED) is 0.856. The van der Waals surface area contributed by atoms with E-state index in [2.05, 4.69) is 37.3 Å². The number of nitrogens with two attached hydrogens (primary N) is 1. The fourth-order valence-corrected chi connectivity index (χ4v) is 2.92. The van der Waals surface area contributed by atoms with Crippen LogP contribution >= 0.6 is 0 Å².